The van der Waals surface area contributed by atoms with Crippen LogP contribution in [0.15, 0.2) is 38.5 Å². The number of sulfone groups is 1. The van der Waals surface area contributed by atoms with E-state index < -0.39 is 40.6 Å². The highest BCUT2D eigenvalue weighted by Crippen LogP contribution is 2.41. The predicted molar refractivity (Wildman–Crippen MR) is 118 cm³/mol. The number of fused-ring (bicyclic) bond motifs is 1. The predicted octanol–water partition coefficient (Wildman–Crippen LogP) is 4.76. The molecule has 0 saturated heterocycles. The van der Waals surface area contributed by atoms with Crippen molar-refractivity contribution in [1.29, 1.82) is 0 Å². The van der Waals surface area contributed by atoms with Gasteiger partial charge in [-0.1, -0.05) is 39.3 Å². The quantitative estimate of drug-likeness (QED) is 0.598. The van der Waals surface area contributed by atoms with Gasteiger partial charge in [0.2, 0.25) is 0 Å². The number of phenolic OH excluding ortho intramolecular Hbond substituents is 1. The molecule has 0 saturated carbocycles. The van der Waals surface area contributed by atoms with Crippen molar-refractivity contribution in [2.75, 3.05) is 5.32 Å². The number of nitrogens with one attached hydrogen (secondary N) is 1. The molecule has 180 valence electrons. The number of phenols is 1. The van der Waals surface area contributed by atoms with Gasteiger partial charge in [0.05, 0.1) is 16.1 Å². The highest BCUT2D eigenvalue weighted by Gasteiger charge is 2.47. The Kier molecular flexibility index (Phi) is 6.04. The summed E-state index contributed by atoms with van der Waals surface area (Å²) in [6, 6.07) is 3.53. The van der Waals surface area contributed by atoms with Crippen molar-refractivity contribution in [2.45, 2.75) is 54.8 Å². The van der Waals surface area contributed by atoms with Gasteiger partial charge in [0.1, 0.15) is 10.6 Å². The summed E-state index contributed by atoms with van der Waals surface area (Å²) in [5.41, 5.74) is -5.49. The molecule has 2 aromatic rings. The van der Waals surface area contributed by atoms with Crippen molar-refractivity contribution in [1.82, 2.24) is 0 Å². The SMILES string of the molecule is CCc1c(Cl)cc(C(C)(C)C)c(O)c1C1=NS(=O)(=O)c2cc(S(=O)(=O)C(F)(F)F)ccc2N1. The maximum absolute atomic E-state index is 12.9. The molecule has 1 aliphatic heterocycles. The maximum atomic E-state index is 12.9. The lowest BCUT2D eigenvalue weighted by Crippen LogP contribution is -2.26. The zero-order valence-corrected chi connectivity index (χ0v) is 20.3. The average Bonchev–Trinajstić information content (AvgIpc) is 2.66. The summed E-state index contributed by atoms with van der Waals surface area (Å²) in [6.07, 6.45) is 0.308. The van der Waals surface area contributed by atoms with Crippen molar-refractivity contribution >= 4 is 43.0 Å². The largest absolute Gasteiger partial charge is 0.507 e. The molecule has 0 unspecified atom stereocenters. The summed E-state index contributed by atoms with van der Waals surface area (Å²) in [5, 5.41) is 13.9. The molecule has 3 rings (SSSR count). The van der Waals surface area contributed by atoms with Crippen LogP contribution in [0, 0.1) is 0 Å². The van der Waals surface area contributed by atoms with E-state index >= 15 is 0 Å². The molecule has 2 N–H and O–H groups in total. The molecule has 0 amide bonds. The van der Waals surface area contributed by atoms with Gasteiger partial charge in [-0.15, -0.1) is 4.40 Å². The first-order valence-electron chi connectivity index (χ1n) is 9.54. The second kappa shape index (κ2) is 7.88. The monoisotopic (exact) mass is 524 g/mol. The molecule has 0 spiro atoms. The molecule has 0 aliphatic carbocycles. The van der Waals surface area contributed by atoms with Crippen molar-refractivity contribution < 1.29 is 35.1 Å². The van der Waals surface area contributed by atoms with Crippen LogP contribution in [0.2, 0.25) is 5.02 Å². The number of halogens is 4. The van der Waals surface area contributed by atoms with Crippen LogP contribution in [0.5, 0.6) is 5.75 Å². The third kappa shape index (κ3) is 4.31. The van der Waals surface area contributed by atoms with Gasteiger partial charge in [-0.3, -0.25) is 0 Å². The molecule has 1 heterocycles. The Hall–Kier alpha value is -2.31. The van der Waals surface area contributed by atoms with Gasteiger partial charge >= 0.3 is 5.51 Å². The summed E-state index contributed by atoms with van der Waals surface area (Å²) >= 11 is 6.40. The van der Waals surface area contributed by atoms with Crippen molar-refractivity contribution in [2.24, 2.45) is 4.40 Å². The zero-order valence-electron chi connectivity index (χ0n) is 17.9. The van der Waals surface area contributed by atoms with E-state index in [1.54, 1.807) is 13.0 Å². The standard InChI is InChI=1S/C20H20ClF3N2O5S2/c1-5-11-13(21)9-12(19(2,3)4)17(27)16(11)18-25-14-7-6-10(32(28,29)20(22,23)24)8-15(14)33(30,31)26-18/h6-9,27H,5H2,1-4H3,(H,25,26). The Morgan fingerprint density at radius 2 is 1.76 bits per heavy atom. The molecule has 33 heavy (non-hydrogen) atoms. The minimum absolute atomic E-state index is 0.0381. The van der Waals surface area contributed by atoms with Gasteiger partial charge in [0.25, 0.3) is 19.9 Å². The van der Waals surface area contributed by atoms with Gasteiger partial charge in [-0.05, 0) is 41.7 Å². The van der Waals surface area contributed by atoms with E-state index in [0.717, 1.165) is 6.07 Å². The van der Waals surface area contributed by atoms with Gasteiger partial charge in [-0.2, -0.15) is 21.6 Å². The van der Waals surface area contributed by atoms with E-state index in [4.69, 9.17) is 11.6 Å². The van der Waals surface area contributed by atoms with Crippen LogP contribution in [0.4, 0.5) is 18.9 Å². The van der Waals surface area contributed by atoms with E-state index in [9.17, 15) is 35.1 Å². The number of hydrogen-bond donors (Lipinski definition) is 2. The Bertz CT molecular complexity index is 1390. The highest BCUT2D eigenvalue weighted by molar-refractivity contribution is 7.92. The molecule has 0 aromatic heterocycles. The number of aromatic hydroxyl groups is 1. The van der Waals surface area contributed by atoms with Crippen LogP contribution >= 0.6 is 11.6 Å². The molecular formula is C20H20ClF3N2O5S2. The molecule has 13 heteroatoms. The van der Waals surface area contributed by atoms with E-state index in [1.807, 2.05) is 20.8 Å². The minimum atomic E-state index is -5.77. The van der Waals surface area contributed by atoms with Crippen LogP contribution < -0.4 is 5.32 Å². The van der Waals surface area contributed by atoms with Crippen LogP contribution in [0.25, 0.3) is 0 Å². The molecule has 7 nitrogen and oxygen atoms in total. The van der Waals surface area contributed by atoms with Gasteiger partial charge in [-0.25, -0.2) is 8.42 Å². The summed E-state index contributed by atoms with van der Waals surface area (Å²) in [7, 11) is -10.4. The van der Waals surface area contributed by atoms with Gasteiger partial charge in [0.15, 0.2) is 5.84 Å². The molecule has 0 radical (unpaired) electrons. The number of sulfonamides is 1. The van der Waals surface area contributed by atoms with E-state index in [1.165, 1.54) is 0 Å². The first-order chi connectivity index (χ1) is 14.9. The van der Waals surface area contributed by atoms with Crippen LogP contribution in [0.3, 0.4) is 0 Å². The Balaban J connectivity index is 2.26. The number of nitrogens with zero attached hydrogens (tertiary/aromatic N) is 1. The van der Waals surface area contributed by atoms with E-state index in [0.29, 0.717) is 29.7 Å². The van der Waals surface area contributed by atoms with Crippen molar-refractivity contribution in [3.63, 3.8) is 0 Å². The highest BCUT2D eigenvalue weighted by atomic mass is 35.5. The van der Waals surface area contributed by atoms with Crippen LogP contribution in [-0.4, -0.2) is 33.3 Å². The summed E-state index contributed by atoms with van der Waals surface area (Å²) < 4.78 is 91.5. The summed E-state index contributed by atoms with van der Waals surface area (Å²) in [4.78, 5) is -1.97. The van der Waals surface area contributed by atoms with Gasteiger partial charge < -0.3 is 10.4 Å². The topological polar surface area (TPSA) is 113 Å². The Labute approximate surface area is 194 Å². The number of hydrogen-bond acceptors (Lipinski definition) is 6. The number of alkyl halides is 3. The average molecular weight is 525 g/mol. The minimum Gasteiger partial charge on any atom is -0.507 e. The summed E-state index contributed by atoms with van der Waals surface area (Å²) in [5.74, 6) is -0.527. The van der Waals surface area contributed by atoms with Crippen molar-refractivity contribution in [3.05, 3.63) is 46.0 Å². The second-order valence-corrected chi connectivity index (χ2v) is 12.3. The van der Waals surface area contributed by atoms with Gasteiger partial charge in [0, 0.05) is 10.6 Å². The zero-order chi connectivity index (χ0) is 25.1. The van der Waals surface area contributed by atoms with E-state index in [-0.39, 0.29) is 27.9 Å². The molecular weight excluding hydrogens is 505 g/mol. The number of benzene rings is 2. The summed E-state index contributed by atoms with van der Waals surface area (Å²) in [6.45, 7) is 7.19. The first-order valence-corrected chi connectivity index (χ1v) is 12.8. The fraction of sp³-hybridized carbons (Fsp3) is 0.350. The van der Waals surface area contributed by atoms with E-state index in [2.05, 4.69) is 9.71 Å². The first kappa shape index (κ1) is 25.3. The number of amidine groups is 1. The molecule has 0 bridgehead atoms. The Morgan fingerprint density at radius 3 is 2.27 bits per heavy atom. The second-order valence-electron chi connectivity index (χ2n) is 8.36. The van der Waals surface area contributed by atoms with Crippen molar-refractivity contribution in [3.8, 4) is 5.75 Å². The lowest BCUT2D eigenvalue weighted by Gasteiger charge is -2.26. The molecule has 0 fully saturated rings. The smallest absolute Gasteiger partial charge is 0.501 e. The maximum Gasteiger partial charge on any atom is 0.501 e. The van der Waals surface area contributed by atoms with Crippen LogP contribution in [-0.2, 0) is 31.7 Å². The molecule has 1 aliphatic rings. The van der Waals surface area contributed by atoms with Crippen LogP contribution in [0.1, 0.15) is 44.4 Å². The number of rotatable bonds is 3. The normalized spacial score (nSPS) is 16.1. The lowest BCUT2D eigenvalue weighted by molar-refractivity contribution is -0.0436. The third-order valence-corrected chi connectivity index (χ3v) is 8.20. The fourth-order valence-electron chi connectivity index (χ4n) is 3.40. The third-order valence-electron chi connectivity index (χ3n) is 5.06. The lowest BCUT2D eigenvalue weighted by atomic mass is 9.83. The molecule has 2 aromatic carbocycles. The Morgan fingerprint density at radius 1 is 1.15 bits per heavy atom. The number of anilines is 1. The fourth-order valence-corrected chi connectivity index (χ4v) is 5.75. The molecule has 0 atom stereocenters.